The van der Waals surface area contributed by atoms with Crippen molar-refractivity contribution in [2.45, 2.75) is 26.9 Å². The predicted octanol–water partition coefficient (Wildman–Crippen LogP) is 2.91. The van der Waals surface area contributed by atoms with Crippen LogP contribution in [0.4, 0.5) is 5.69 Å². The van der Waals surface area contributed by atoms with E-state index in [0.717, 1.165) is 24.5 Å². The third kappa shape index (κ3) is 3.03. The Labute approximate surface area is 108 Å². The Bertz CT molecular complexity index is 476. The Hall–Kier alpha value is -1.97. The minimum atomic E-state index is 0.697. The van der Waals surface area contributed by atoms with Crippen LogP contribution < -0.4 is 10.1 Å². The Morgan fingerprint density at radius 2 is 1.94 bits per heavy atom. The molecule has 2 aromatic rings. The van der Waals surface area contributed by atoms with Crippen LogP contribution in [-0.4, -0.2) is 16.4 Å². The van der Waals surface area contributed by atoms with E-state index in [1.54, 1.807) is 0 Å². The van der Waals surface area contributed by atoms with Crippen molar-refractivity contribution in [2.24, 2.45) is 0 Å². The molecular weight excluding hydrogens is 226 g/mol. The van der Waals surface area contributed by atoms with Crippen LogP contribution in [0, 0.1) is 0 Å². The van der Waals surface area contributed by atoms with Crippen molar-refractivity contribution in [3.8, 4) is 5.75 Å². The van der Waals surface area contributed by atoms with Gasteiger partial charge in [-0.05, 0) is 44.2 Å². The molecular formula is C14H19N3O. The largest absolute Gasteiger partial charge is 0.494 e. The van der Waals surface area contributed by atoms with E-state index in [1.165, 1.54) is 5.69 Å². The molecule has 0 saturated heterocycles. The number of nitrogens with zero attached hydrogens (tertiary/aromatic N) is 2. The second-order valence-electron chi connectivity index (χ2n) is 3.95. The molecule has 0 bridgehead atoms. The Balaban J connectivity index is 1.94. The van der Waals surface area contributed by atoms with Gasteiger partial charge in [-0.25, -0.2) is 0 Å². The molecule has 1 heterocycles. The fourth-order valence-corrected chi connectivity index (χ4v) is 1.82. The first-order valence-electron chi connectivity index (χ1n) is 6.31. The lowest BCUT2D eigenvalue weighted by atomic mass is 10.3. The zero-order chi connectivity index (χ0) is 12.8. The van der Waals surface area contributed by atoms with E-state index in [1.807, 2.05) is 48.1 Å². The van der Waals surface area contributed by atoms with Gasteiger partial charge in [-0.2, -0.15) is 5.10 Å². The van der Waals surface area contributed by atoms with Crippen molar-refractivity contribution in [1.29, 1.82) is 0 Å². The zero-order valence-corrected chi connectivity index (χ0v) is 10.9. The van der Waals surface area contributed by atoms with Gasteiger partial charge in [-0.1, -0.05) is 0 Å². The number of rotatable bonds is 6. The molecule has 0 spiro atoms. The van der Waals surface area contributed by atoms with Crippen molar-refractivity contribution in [2.75, 3.05) is 11.9 Å². The summed E-state index contributed by atoms with van der Waals surface area (Å²) < 4.78 is 7.39. The van der Waals surface area contributed by atoms with Gasteiger partial charge in [0.05, 0.1) is 18.8 Å². The smallest absolute Gasteiger partial charge is 0.119 e. The number of anilines is 1. The molecule has 0 fully saturated rings. The summed E-state index contributed by atoms with van der Waals surface area (Å²) >= 11 is 0. The number of aromatic nitrogens is 2. The first kappa shape index (κ1) is 12.5. The molecule has 4 heteroatoms. The Kier molecular flexibility index (Phi) is 4.23. The molecule has 96 valence electrons. The molecule has 1 N–H and O–H groups in total. The summed E-state index contributed by atoms with van der Waals surface area (Å²) in [5.74, 6) is 0.904. The monoisotopic (exact) mass is 245 g/mol. The number of benzene rings is 1. The molecule has 4 nitrogen and oxygen atoms in total. The molecule has 0 unspecified atom stereocenters. The SMILES string of the molecule is CCOc1ccc(NCc2ccnn2CC)cc1. The van der Waals surface area contributed by atoms with Gasteiger partial charge >= 0.3 is 0 Å². The van der Waals surface area contributed by atoms with Gasteiger partial charge in [0, 0.05) is 18.4 Å². The lowest BCUT2D eigenvalue weighted by Gasteiger charge is -2.09. The van der Waals surface area contributed by atoms with Crippen molar-refractivity contribution in [1.82, 2.24) is 9.78 Å². The summed E-state index contributed by atoms with van der Waals surface area (Å²) in [6.45, 7) is 6.45. The predicted molar refractivity (Wildman–Crippen MR) is 72.8 cm³/mol. The van der Waals surface area contributed by atoms with Gasteiger partial charge < -0.3 is 10.1 Å². The van der Waals surface area contributed by atoms with Gasteiger partial charge in [0.2, 0.25) is 0 Å². The number of ether oxygens (including phenoxy) is 1. The number of hydrogen-bond donors (Lipinski definition) is 1. The van der Waals surface area contributed by atoms with E-state index in [9.17, 15) is 0 Å². The lowest BCUT2D eigenvalue weighted by molar-refractivity contribution is 0.340. The lowest BCUT2D eigenvalue weighted by Crippen LogP contribution is -2.07. The van der Waals surface area contributed by atoms with Crippen molar-refractivity contribution < 1.29 is 4.74 Å². The van der Waals surface area contributed by atoms with Crippen LogP contribution in [0.25, 0.3) is 0 Å². The normalized spacial score (nSPS) is 10.3. The van der Waals surface area contributed by atoms with Gasteiger partial charge in [-0.15, -0.1) is 0 Å². The first-order chi connectivity index (χ1) is 8.83. The van der Waals surface area contributed by atoms with E-state index >= 15 is 0 Å². The third-order valence-corrected chi connectivity index (χ3v) is 2.74. The van der Waals surface area contributed by atoms with Gasteiger partial charge in [-0.3, -0.25) is 4.68 Å². The van der Waals surface area contributed by atoms with Crippen LogP contribution in [-0.2, 0) is 13.1 Å². The molecule has 0 aliphatic heterocycles. The van der Waals surface area contributed by atoms with Crippen molar-refractivity contribution >= 4 is 5.69 Å². The first-order valence-corrected chi connectivity index (χ1v) is 6.31. The summed E-state index contributed by atoms with van der Waals surface area (Å²) in [5.41, 5.74) is 2.27. The van der Waals surface area contributed by atoms with E-state index in [0.29, 0.717) is 6.61 Å². The second kappa shape index (κ2) is 6.10. The maximum atomic E-state index is 5.41. The van der Waals surface area contributed by atoms with Crippen LogP contribution in [0.3, 0.4) is 0 Å². The molecule has 1 aromatic heterocycles. The Morgan fingerprint density at radius 3 is 2.61 bits per heavy atom. The molecule has 0 aliphatic rings. The van der Waals surface area contributed by atoms with Crippen LogP contribution in [0.5, 0.6) is 5.75 Å². The quantitative estimate of drug-likeness (QED) is 0.850. The number of hydrogen-bond acceptors (Lipinski definition) is 3. The van der Waals surface area contributed by atoms with Crippen LogP contribution in [0.2, 0.25) is 0 Å². The van der Waals surface area contributed by atoms with Crippen LogP contribution in [0.15, 0.2) is 36.5 Å². The van der Waals surface area contributed by atoms with Gasteiger partial charge in [0.15, 0.2) is 0 Å². The molecule has 0 atom stereocenters. The summed E-state index contributed by atoms with van der Waals surface area (Å²) in [4.78, 5) is 0. The zero-order valence-electron chi connectivity index (χ0n) is 10.9. The van der Waals surface area contributed by atoms with E-state index in [2.05, 4.69) is 17.3 Å². The maximum absolute atomic E-state index is 5.41. The average Bonchev–Trinajstić information content (AvgIpc) is 2.86. The van der Waals surface area contributed by atoms with Crippen LogP contribution in [0.1, 0.15) is 19.5 Å². The highest BCUT2D eigenvalue weighted by atomic mass is 16.5. The molecule has 1 aromatic carbocycles. The minimum Gasteiger partial charge on any atom is -0.494 e. The van der Waals surface area contributed by atoms with E-state index in [4.69, 9.17) is 4.74 Å². The molecule has 2 rings (SSSR count). The van der Waals surface area contributed by atoms with E-state index in [-0.39, 0.29) is 0 Å². The minimum absolute atomic E-state index is 0.697. The molecule has 0 aliphatic carbocycles. The highest BCUT2D eigenvalue weighted by Crippen LogP contribution is 2.16. The van der Waals surface area contributed by atoms with Crippen LogP contribution >= 0.6 is 0 Å². The third-order valence-electron chi connectivity index (χ3n) is 2.74. The fourth-order valence-electron chi connectivity index (χ4n) is 1.82. The number of aryl methyl sites for hydroxylation is 1. The van der Waals surface area contributed by atoms with Crippen molar-refractivity contribution in [3.05, 3.63) is 42.2 Å². The standard InChI is InChI=1S/C14H19N3O/c1-3-17-13(9-10-16-17)11-15-12-5-7-14(8-6-12)18-4-2/h5-10,15H,3-4,11H2,1-2H3. The van der Waals surface area contributed by atoms with Gasteiger partial charge in [0.25, 0.3) is 0 Å². The second-order valence-corrected chi connectivity index (χ2v) is 3.95. The van der Waals surface area contributed by atoms with Gasteiger partial charge in [0.1, 0.15) is 5.75 Å². The van der Waals surface area contributed by atoms with E-state index < -0.39 is 0 Å². The maximum Gasteiger partial charge on any atom is 0.119 e. The summed E-state index contributed by atoms with van der Waals surface area (Å²) in [7, 11) is 0. The average molecular weight is 245 g/mol. The molecule has 0 saturated carbocycles. The summed E-state index contributed by atoms with van der Waals surface area (Å²) in [5, 5.41) is 7.62. The summed E-state index contributed by atoms with van der Waals surface area (Å²) in [6.07, 6.45) is 1.83. The molecule has 0 amide bonds. The highest BCUT2D eigenvalue weighted by molar-refractivity contribution is 5.46. The highest BCUT2D eigenvalue weighted by Gasteiger charge is 2.00. The summed E-state index contributed by atoms with van der Waals surface area (Å²) in [6, 6.07) is 10.0. The molecule has 18 heavy (non-hydrogen) atoms. The Morgan fingerprint density at radius 1 is 1.17 bits per heavy atom. The molecule has 0 radical (unpaired) electrons. The number of nitrogens with one attached hydrogen (secondary N) is 1. The topological polar surface area (TPSA) is 39.1 Å². The fraction of sp³-hybridized carbons (Fsp3) is 0.357. The van der Waals surface area contributed by atoms with Crippen molar-refractivity contribution in [3.63, 3.8) is 0 Å².